The van der Waals surface area contributed by atoms with Crippen molar-refractivity contribution in [3.8, 4) is 0 Å². The first-order valence-corrected chi connectivity index (χ1v) is 6.94. The van der Waals surface area contributed by atoms with E-state index in [4.69, 9.17) is 0 Å². The van der Waals surface area contributed by atoms with Gasteiger partial charge in [-0.25, -0.2) is 0 Å². The largest absolute Gasteiger partial charge is 0.304 e. The van der Waals surface area contributed by atoms with Crippen molar-refractivity contribution in [2.75, 3.05) is 6.54 Å². The molecule has 2 aromatic rings. The Hall–Kier alpha value is -1.34. The molecule has 2 rings (SSSR count). The zero-order valence-electron chi connectivity index (χ0n) is 10.9. The molecule has 0 saturated heterocycles. The van der Waals surface area contributed by atoms with E-state index in [-0.39, 0.29) is 6.04 Å². The molecule has 0 amide bonds. The molecule has 1 unspecified atom stereocenters. The van der Waals surface area contributed by atoms with Gasteiger partial charge in [0.15, 0.2) is 0 Å². The zero-order valence-corrected chi connectivity index (χ0v) is 11.7. The number of rotatable bonds is 6. The van der Waals surface area contributed by atoms with Crippen LogP contribution in [0, 0.1) is 0 Å². The van der Waals surface area contributed by atoms with Gasteiger partial charge >= 0.3 is 0 Å². The lowest BCUT2D eigenvalue weighted by atomic mass is 10.1. The van der Waals surface area contributed by atoms with Gasteiger partial charge in [0, 0.05) is 7.05 Å². The van der Waals surface area contributed by atoms with Crippen molar-refractivity contribution < 1.29 is 0 Å². The van der Waals surface area contributed by atoms with Crippen molar-refractivity contribution >= 4 is 11.5 Å². The summed E-state index contributed by atoms with van der Waals surface area (Å²) in [6, 6.07) is 0.0801. The highest BCUT2D eigenvalue weighted by molar-refractivity contribution is 7.05. The van der Waals surface area contributed by atoms with Gasteiger partial charge in [0.1, 0.15) is 0 Å². The molecule has 0 aliphatic heterocycles. The summed E-state index contributed by atoms with van der Waals surface area (Å²) in [6.07, 6.45) is 3.82. The fraction of sp³-hybridized carbons (Fsp3) is 0.636. The lowest BCUT2D eigenvalue weighted by molar-refractivity contribution is 0.569. The molecule has 98 valence electrons. The van der Waals surface area contributed by atoms with Gasteiger partial charge in [-0.05, 0) is 24.5 Å². The molecule has 0 radical (unpaired) electrons. The van der Waals surface area contributed by atoms with Crippen LogP contribution >= 0.6 is 11.5 Å². The second-order valence-corrected chi connectivity index (χ2v) is 4.89. The van der Waals surface area contributed by atoms with Gasteiger partial charge < -0.3 is 5.32 Å². The zero-order chi connectivity index (χ0) is 13.0. The van der Waals surface area contributed by atoms with Crippen LogP contribution in [0.2, 0.25) is 0 Å². The number of aromatic nitrogens is 5. The van der Waals surface area contributed by atoms with E-state index in [1.54, 1.807) is 10.9 Å². The highest BCUT2D eigenvalue weighted by Gasteiger charge is 2.22. The third-order valence-electron chi connectivity index (χ3n) is 2.79. The molecule has 0 spiro atoms. The summed E-state index contributed by atoms with van der Waals surface area (Å²) in [5, 5.41) is 15.6. The lowest BCUT2D eigenvalue weighted by Crippen LogP contribution is -2.24. The Labute approximate surface area is 111 Å². The molecule has 2 heterocycles. The number of hydrogen-bond donors (Lipinski definition) is 1. The third-order valence-corrected chi connectivity index (χ3v) is 3.62. The molecular weight excluding hydrogens is 248 g/mol. The summed E-state index contributed by atoms with van der Waals surface area (Å²) >= 11 is 1.45. The minimum atomic E-state index is 0.0801. The molecule has 18 heavy (non-hydrogen) atoms. The molecule has 1 N–H and O–H groups in total. The van der Waals surface area contributed by atoms with E-state index in [0.717, 1.165) is 30.8 Å². The van der Waals surface area contributed by atoms with Crippen molar-refractivity contribution in [2.45, 2.75) is 32.7 Å². The minimum absolute atomic E-state index is 0.0801. The molecular formula is C11H18N6S. The molecule has 0 aliphatic carbocycles. The second kappa shape index (κ2) is 6.01. The predicted molar refractivity (Wildman–Crippen MR) is 70.4 cm³/mol. The monoisotopic (exact) mass is 266 g/mol. The van der Waals surface area contributed by atoms with Crippen molar-refractivity contribution in [3.05, 3.63) is 22.5 Å². The standard InChI is InChI=1S/C11H18N6S/c1-4-6-8-11(18-16-14-8)10(12-5-2)9-7-13-15-17(9)3/h7,10,12H,4-6H2,1-3H3. The van der Waals surface area contributed by atoms with Crippen molar-refractivity contribution in [2.24, 2.45) is 7.05 Å². The van der Waals surface area contributed by atoms with Gasteiger partial charge in [-0.2, -0.15) is 0 Å². The van der Waals surface area contributed by atoms with Gasteiger partial charge in [-0.15, -0.1) is 10.2 Å². The summed E-state index contributed by atoms with van der Waals surface area (Å²) in [4.78, 5) is 1.17. The van der Waals surface area contributed by atoms with Crippen LogP contribution in [0.1, 0.15) is 42.6 Å². The average molecular weight is 266 g/mol. The highest BCUT2D eigenvalue weighted by atomic mass is 32.1. The van der Waals surface area contributed by atoms with Crippen molar-refractivity contribution in [1.29, 1.82) is 0 Å². The van der Waals surface area contributed by atoms with Crippen LogP contribution in [-0.4, -0.2) is 31.1 Å². The van der Waals surface area contributed by atoms with E-state index in [1.165, 1.54) is 16.4 Å². The van der Waals surface area contributed by atoms with Gasteiger partial charge in [0.05, 0.1) is 28.5 Å². The fourth-order valence-electron chi connectivity index (χ4n) is 1.94. The Morgan fingerprint density at radius 1 is 1.44 bits per heavy atom. The highest BCUT2D eigenvalue weighted by Crippen LogP contribution is 2.26. The summed E-state index contributed by atoms with van der Waals surface area (Å²) in [7, 11) is 1.90. The van der Waals surface area contributed by atoms with Crippen LogP contribution in [0.15, 0.2) is 6.20 Å². The fourth-order valence-corrected chi connectivity index (χ4v) is 2.72. The topological polar surface area (TPSA) is 68.5 Å². The quantitative estimate of drug-likeness (QED) is 0.854. The summed E-state index contributed by atoms with van der Waals surface area (Å²) in [5.41, 5.74) is 2.12. The molecule has 0 aliphatic rings. The van der Waals surface area contributed by atoms with Crippen LogP contribution < -0.4 is 5.32 Å². The van der Waals surface area contributed by atoms with Crippen LogP contribution in [0.25, 0.3) is 0 Å². The summed E-state index contributed by atoms with van der Waals surface area (Å²) in [5.74, 6) is 0. The minimum Gasteiger partial charge on any atom is -0.304 e. The summed E-state index contributed by atoms with van der Waals surface area (Å²) in [6.45, 7) is 5.11. The van der Waals surface area contributed by atoms with Crippen molar-refractivity contribution in [3.63, 3.8) is 0 Å². The van der Waals surface area contributed by atoms with E-state index < -0.39 is 0 Å². The van der Waals surface area contributed by atoms with E-state index in [0.29, 0.717) is 0 Å². The van der Waals surface area contributed by atoms with Crippen molar-refractivity contribution in [1.82, 2.24) is 29.9 Å². The Kier molecular flexibility index (Phi) is 4.38. The van der Waals surface area contributed by atoms with Crippen LogP contribution in [0.5, 0.6) is 0 Å². The molecule has 7 heteroatoms. The van der Waals surface area contributed by atoms with Crippen LogP contribution in [-0.2, 0) is 13.5 Å². The molecule has 1 atom stereocenters. The third kappa shape index (κ3) is 2.56. The SMILES string of the molecule is CCCc1nnsc1C(NCC)c1cnnn1C. The van der Waals surface area contributed by atoms with E-state index in [2.05, 4.69) is 39.1 Å². The predicted octanol–water partition coefficient (Wildman–Crippen LogP) is 1.32. The molecule has 0 bridgehead atoms. The first-order chi connectivity index (χ1) is 8.77. The number of nitrogens with one attached hydrogen (secondary N) is 1. The van der Waals surface area contributed by atoms with Gasteiger partial charge in [-0.3, -0.25) is 4.68 Å². The Bertz CT molecular complexity index is 491. The first-order valence-electron chi connectivity index (χ1n) is 6.17. The Balaban J connectivity index is 2.35. The smallest absolute Gasteiger partial charge is 0.0893 e. The normalized spacial score (nSPS) is 12.8. The Morgan fingerprint density at radius 3 is 2.89 bits per heavy atom. The van der Waals surface area contributed by atoms with Gasteiger partial charge in [-0.1, -0.05) is 30.0 Å². The maximum atomic E-state index is 4.23. The first kappa shape index (κ1) is 13.1. The summed E-state index contributed by atoms with van der Waals surface area (Å²) < 4.78 is 5.88. The van der Waals surface area contributed by atoms with Gasteiger partial charge in [0.2, 0.25) is 0 Å². The van der Waals surface area contributed by atoms with Crippen LogP contribution in [0.3, 0.4) is 0 Å². The molecule has 6 nitrogen and oxygen atoms in total. The van der Waals surface area contributed by atoms with E-state index in [9.17, 15) is 0 Å². The van der Waals surface area contributed by atoms with E-state index in [1.807, 2.05) is 7.05 Å². The van der Waals surface area contributed by atoms with Gasteiger partial charge in [0.25, 0.3) is 0 Å². The number of hydrogen-bond acceptors (Lipinski definition) is 6. The number of nitrogens with zero attached hydrogens (tertiary/aromatic N) is 5. The lowest BCUT2D eigenvalue weighted by Gasteiger charge is -2.16. The molecule has 0 saturated carbocycles. The average Bonchev–Trinajstić information content (AvgIpc) is 2.96. The molecule has 0 aromatic carbocycles. The number of aryl methyl sites for hydroxylation is 2. The maximum absolute atomic E-state index is 4.23. The van der Waals surface area contributed by atoms with Crippen LogP contribution in [0.4, 0.5) is 0 Å². The maximum Gasteiger partial charge on any atom is 0.0893 e. The second-order valence-electron chi connectivity index (χ2n) is 4.11. The molecule has 2 aromatic heterocycles. The Morgan fingerprint density at radius 2 is 2.28 bits per heavy atom. The molecule has 0 fully saturated rings. The van der Waals surface area contributed by atoms with E-state index >= 15 is 0 Å².